The van der Waals surface area contributed by atoms with Crippen LogP contribution in [0.1, 0.15) is 36.2 Å². The van der Waals surface area contributed by atoms with Gasteiger partial charge in [0, 0.05) is 18.2 Å². The summed E-state index contributed by atoms with van der Waals surface area (Å²) in [4.78, 5) is 24.8. The minimum atomic E-state index is -1.17. The lowest BCUT2D eigenvalue weighted by Crippen LogP contribution is -2.54. The Bertz CT molecular complexity index is 639. The lowest BCUT2D eigenvalue weighted by Gasteiger charge is -2.38. The van der Waals surface area contributed by atoms with Crippen molar-refractivity contribution in [3.05, 3.63) is 35.4 Å². The van der Waals surface area contributed by atoms with Gasteiger partial charge in [-0.05, 0) is 17.9 Å². The molecule has 112 valence electrons. The second-order valence-electron chi connectivity index (χ2n) is 6.34. The van der Waals surface area contributed by atoms with Crippen LogP contribution in [0.2, 0.25) is 0 Å². The Labute approximate surface area is 123 Å². The van der Waals surface area contributed by atoms with Crippen LogP contribution in [0.5, 0.6) is 0 Å². The largest absolute Gasteiger partial charge is 0.468 e. The van der Waals surface area contributed by atoms with Crippen molar-refractivity contribution < 1.29 is 19.1 Å². The summed E-state index contributed by atoms with van der Waals surface area (Å²) in [5.74, 6) is -0.579. The number of benzene rings is 1. The number of nitrogens with one attached hydrogen (secondary N) is 1. The van der Waals surface area contributed by atoms with E-state index < -0.39 is 11.1 Å². The SMILES string of the molecule is COC(=O)[C@@]1([C@@]2(OC)NC(=O)c3ccccc32)CC1(C)C. The number of carbonyl (C=O) groups excluding carboxylic acids is 2. The first kappa shape index (κ1) is 14.1. The van der Waals surface area contributed by atoms with E-state index in [4.69, 9.17) is 9.47 Å². The molecule has 5 heteroatoms. The molecular formula is C16H19NO4. The van der Waals surface area contributed by atoms with E-state index in [1.54, 1.807) is 12.1 Å². The molecule has 3 rings (SSSR count). The van der Waals surface area contributed by atoms with Crippen molar-refractivity contribution in [1.82, 2.24) is 5.32 Å². The number of ether oxygens (including phenoxy) is 2. The van der Waals surface area contributed by atoms with Gasteiger partial charge >= 0.3 is 5.97 Å². The molecule has 1 aromatic carbocycles. The van der Waals surface area contributed by atoms with Crippen molar-refractivity contribution in [2.45, 2.75) is 26.0 Å². The van der Waals surface area contributed by atoms with E-state index in [0.717, 1.165) is 0 Å². The van der Waals surface area contributed by atoms with Crippen LogP contribution in [0.15, 0.2) is 24.3 Å². The quantitative estimate of drug-likeness (QED) is 0.862. The Balaban J connectivity index is 2.24. The normalized spacial score (nSPS) is 32.3. The highest BCUT2D eigenvalue weighted by molar-refractivity contribution is 6.01. The van der Waals surface area contributed by atoms with Crippen molar-refractivity contribution in [2.75, 3.05) is 14.2 Å². The molecule has 0 bridgehead atoms. The fourth-order valence-electron chi connectivity index (χ4n) is 3.84. The zero-order chi connectivity index (χ0) is 15.5. The van der Waals surface area contributed by atoms with Gasteiger partial charge < -0.3 is 14.8 Å². The number of rotatable bonds is 3. The van der Waals surface area contributed by atoms with E-state index in [2.05, 4.69) is 5.32 Å². The zero-order valence-corrected chi connectivity index (χ0v) is 12.6. The van der Waals surface area contributed by atoms with Crippen LogP contribution >= 0.6 is 0 Å². The Hall–Kier alpha value is -1.88. The Morgan fingerprint density at radius 3 is 2.38 bits per heavy atom. The molecule has 5 nitrogen and oxygen atoms in total. The van der Waals surface area contributed by atoms with Gasteiger partial charge in [0.15, 0.2) is 5.72 Å². The van der Waals surface area contributed by atoms with Crippen molar-refractivity contribution >= 4 is 11.9 Å². The minimum Gasteiger partial charge on any atom is -0.468 e. The molecule has 1 aromatic rings. The molecule has 1 saturated carbocycles. The van der Waals surface area contributed by atoms with E-state index in [0.29, 0.717) is 17.5 Å². The van der Waals surface area contributed by atoms with Gasteiger partial charge in [-0.3, -0.25) is 9.59 Å². The fourth-order valence-corrected chi connectivity index (χ4v) is 3.84. The predicted molar refractivity (Wildman–Crippen MR) is 75.4 cm³/mol. The average molecular weight is 289 g/mol. The van der Waals surface area contributed by atoms with Gasteiger partial charge in [-0.25, -0.2) is 0 Å². The van der Waals surface area contributed by atoms with Gasteiger partial charge in [-0.2, -0.15) is 0 Å². The van der Waals surface area contributed by atoms with Crippen molar-refractivity contribution in [3.63, 3.8) is 0 Å². The molecule has 2 aliphatic rings. The summed E-state index contributed by atoms with van der Waals surface area (Å²) in [6.07, 6.45) is 0.592. The fraction of sp³-hybridized carbons (Fsp3) is 0.500. The van der Waals surface area contributed by atoms with Gasteiger partial charge in [-0.15, -0.1) is 0 Å². The smallest absolute Gasteiger partial charge is 0.317 e. The molecule has 0 unspecified atom stereocenters. The second kappa shape index (κ2) is 4.07. The van der Waals surface area contributed by atoms with E-state index >= 15 is 0 Å². The van der Waals surface area contributed by atoms with Gasteiger partial charge in [0.05, 0.1) is 7.11 Å². The summed E-state index contributed by atoms with van der Waals surface area (Å²) in [5, 5.41) is 2.89. The minimum absolute atomic E-state index is 0.224. The number of fused-ring (bicyclic) bond motifs is 1. The Morgan fingerprint density at radius 2 is 1.86 bits per heavy atom. The number of hydrogen-bond acceptors (Lipinski definition) is 4. The van der Waals surface area contributed by atoms with E-state index in [-0.39, 0.29) is 17.3 Å². The molecular weight excluding hydrogens is 270 g/mol. The van der Waals surface area contributed by atoms with E-state index in [1.807, 2.05) is 26.0 Å². The molecule has 1 amide bonds. The molecule has 1 fully saturated rings. The third-order valence-electron chi connectivity index (χ3n) is 5.02. The van der Waals surface area contributed by atoms with Gasteiger partial charge in [0.2, 0.25) is 0 Å². The first-order chi connectivity index (χ1) is 9.86. The first-order valence-electron chi connectivity index (χ1n) is 6.92. The molecule has 0 saturated heterocycles. The topological polar surface area (TPSA) is 64.6 Å². The number of methoxy groups -OCH3 is 2. The molecule has 0 aromatic heterocycles. The summed E-state index contributed by atoms with van der Waals surface area (Å²) in [5.41, 5.74) is -1.15. The lowest BCUT2D eigenvalue weighted by molar-refractivity contribution is -0.171. The van der Waals surface area contributed by atoms with E-state index in [1.165, 1.54) is 14.2 Å². The average Bonchev–Trinajstić information content (AvgIpc) is 2.95. The third-order valence-corrected chi connectivity index (χ3v) is 5.02. The standard InChI is InChI=1S/C16H19NO4/c1-14(2)9-15(14,13(19)20-3)16(21-4)11-8-6-5-7-10(11)12(18)17-16/h5-8H,9H2,1-4H3,(H,17,18)/t15-,16+/m0/s1. The van der Waals surface area contributed by atoms with Crippen LogP contribution in [0.4, 0.5) is 0 Å². The Kier molecular flexibility index (Phi) is 2.73. The van der Waals surface area contributed by atoms with Crippen LogP contribution < -0.4 is 5.32 Å². The summed E-state index contributed by atoms with van der Waals surface area (Å²) in [6.45, 7) is 3.97. The number of hydrogen-bond donors (Lipinski definition) is 1. The summed E-state index contributed by atoms with van der Waals surface area (Å²) in [6, 6.07) is 7.21. The summed E-state index contributed by atoms with van der Waals surface area (Å²) >= 11 is 0. The maximum Gasteiger partial charge on any atom is 0.317 e. The first-order valence-corrected chi connectivity index (χ1v) is 6.92. The van der Waals surface area contributed by atoms with Gasteiger partial charge in [0.25, 0.3) is 5.91 Å². The van der Waals surface area contributed by atoms with Crippen molar-refractivity contribution in [2.24, 2.45) is 10.8 Å². The van der Waals surface area contributed by atoms with Crippen LogP contribution in [0.25, 0.3) is 0 Å². The predicted octanol–water partition coefficient (Wildman–Crippen LogP) is 1.82. The summed E-state index contributed by atoms with van der Waals surface area (Å²) in [7, 11) is 2.88. The van der Waals surface area contributed by atoms with Crippen LogP contribution in [0, 0.1) is 10.8 Å². The van der Waals surface area contributed by atoms with Crippen LogP contribution in [0.3, 0.4) is 0 Å². The highest BCUT2D eigenvalue weighted by atomic mass is 16.5. The summed E-state index contributed by atoms with van der Waals surface area (Å²) < 4.78 is 10.8. The Morgan fingerprint density at radius 1 is 1.24 bits per heavy atom. The molecule has 1 N–H and O–H groups in total. The molecule has 2 atom stereocenters. The van der Waals surface area contributed by atoms with Crippen LogP contribution in [-0.2, 0) is 20.0 Å². The van der Waals surface area contributed by atoms with Gasteiger partial charge in [0.1, 0.15) is 5.41 Å². The lowest BCUT2D eigenvalue weighted by atomic mass is 9.80. The molecule has 0 spiro atoms. The van der Waals surface area contributed by atoms with Gasteiger partial charge in [-0.1, -0.05) is 32.0 Å². The third kappa shape index (κ3) is 1.44. The second-order valence-corrected chi connectivity index (χ2v) is 6.34. The van der Waals surface area contributed by atoms with Crippen LogP contribution in [-0.4, -0.2) is 26.1 Å². The monoisotopic (exact) mass is 289 g/mol. The highest BCUT2D eigenvalue weighted by Gasteiger charge is 2.80. The zero-order valence-electron chi connectivity index (χ0n) is 12.6. The highest BCUT2D eigenvalue weighted by Crippen LogP contribution is 2.72. The maximum atomic E-state index is 12.5. The molecule has 1 aliphatic heterocycles. The van der Waals surface area contributed by atoms with E-state index in [9.17, 15) is 9.59 Å². The number of amides is 1. The molecule has 1 aliphatic carbocycles. The molecule has 0 radical (unpaired) electrons. The van der Waals surface area contributed by atoms with Crippen molar-refractivity contribution in [3.8, 4) is 0 Å². The maximum absolute atomic E-state index is 12.5. The molecule has 1 heterocycles. The number of esters is 1. The number of carbonyl (C=O) groups is 2. The molecule has 21 heavy (non-hydrogen) atoms. The van der Waals surface area contributed by atoms with Crippen molar-refractivity contribution in [1.29, 1.82) is 0 Å².